The zero-order valence-corrected chi connectivity index (χ0v) is 19.8. The molecule has 0 aliphatic carbocycles. The van der Waals surface area contributed by atoms with E-state index in [4.69, 9.17) is 9.47 Å². The van der Waals surface area contributed by atoms with Gasteiger partial charge >= 0.3 is 5.97 Å². The van der Waals surface area contributed by atoms with Crippen molar-refractivity contribution in [2.24, 2.45) is 0 Å². The molecule has 29 heavy (non-hydrogen) atoms. The maximum absolute atomic E-state index is 12.1. The van der Waals surface area contributed by atoms with E-state index in [9.17, 15) is 9.59 Å². The molecule has 0 saturated heterocycles. The fraction of sp³-hybridized carbons (Fsp3) is 0.476. The standard InChI is InChI=1S/C21H27BrN2O4S/c1-6-27-19(26)18-13(2)23-20(29-18)24-17(25)8-7-11-28-16-10-9-14(12-15(16)22)21(3,4)5/h9-10,12H,6-8,11H2,1-5H3,(H,23,24,25). The third-order valence-electron chi connectivity index (χ3n) is 4.11. The third kappa shape index (κ3) is 6.82. The number of nitrogens with zero attached hydrogens (tertiary/aromatic N) is 1. The number of amides is 1. The SMILES string of the molecule is CCOC(=O)c1sc(NC(=O)CCCOc2ccc(C(C)(C)C)cc2Br)nc1C. The Hall–Kier alpha value is -1.93. The van der Waals surface area contributed by atoms with Crippen LogP contribution < -0.4 is 10.1 Å². The van der Waals surface area contributed by atoms with Crippen LogP contribution in [0.3, 0.4) is 0 Å². The summed E-state index contributed by atoms with van der Waals surface area (Å²) >= 11 is 4.67. The Kier molecular flexibility index (Phi) is 8.22. The van der Waals surface area contributed by atoms with Crippen LogP contribution in [-0.4, -0.2) is 30.1 Å². The number of anilines is 1. The molecule has 0 unspecified atom stereocenters. The molecule has 0 fully saturated rings. The van der Waals surface area contributed by atoms with Gasteiger partial charge in [0.2, 0.25) is 5.91 Å². The summed E-state index contributed by atoms with van der Waals surface area (Å²) in [6.07, 6.45) is 0.861. The van der Waals surface area contributed by atoms with E-state index < -0.39 is 5.97 Å². The zero-order valence-electron chi connectivity index (χ0n) is 17.4. The van der Waals surface area contributed by atoms with Crippen LogP contribution in [0.25, 0.3) is 0 Å². The molecule has 0 radical (unpaired) electrons. The number of ether oxygens (including phenoxy) is 2. The van der Waals surface area contributed by atoms with Crippen molar-refractivity contribution in [3.05, 3.63) is 38.8 Å². The normalized spacial score (nSPS) is 11.2. The van der Waals surface area contributed by atoms with Gasteiger partial charge in [0.25, 0.3) is 0 Å². The number of rotatable bonds is 8. The molecule has 1 amide bonds. The molecular weight excluding hydrogens is 456 g/mol. The van der Waals surface area contributed by atoms with E-state index in [0.717, 1.165) is 21.6 Å². The number of hydrogen-bond acceptors (Lipinski definition) is 6. The molecule has 2 aromatic rings. The Labute approximate surface area is 184 Å². The average Bonchev–Trinajstić information content (AvgIpc) is 2.99. The highest BCUT2D eigenvalue weighted by atomic mass is 79.9. The first-order valence-electron chi connectivity index (χ1n) is 9.49. The van der Waals surface area contributed by atoms with Crippen LogP contribution in [0.4, 0.5) is 5.13 Å². The van der Waals surface area contributed by atoms with Crippen LogP contribution in [0.5, 0.6) is 5.75 Å². The summed E-state index contributed by atoms with van der Waals surface area (Å²) in [5, 5.41) is 3.13. The molecule has 6 nitrogen and oxygen atoms in total. The predicted octanol–water partition coefficient (Wildman–Crippen LogP) is 5.49. The fourth-order valence-corrected chi connectivity index (χ4v) is 3.89. The van der Waals surface area contributed by atoms with Gasteiger partial charge in [-0.15, -0.1) is 0 Å². The monoisotopic (exact) mass is 482 g/mol. The number of aromatic nitrogens is 1. The van der Waals surface area contributed by atoms with Crippen LogP contribution in [0.15, 0.2) is 22.7 Å². The number of carbonyl (C=O) groups is 2. The van der Waals surface area contributed by atoms with Crippen LogP contribution in [-0.2, 0) is 14.9 Å². The zero-order chi connectivity index (χ0) is 21.6. The van der Waals surface area contributed by atoms with Gasteiger partial charge < -0.3 is 14.8 Å². The molecular formula is C21H27BrN2O4S. The van der Waals surface area contributed by atoms with Gasteiger partial charge in [-0.2, -0.15) is 0 Å². The summed E-state index contributed by atoms with van der Waals surface area (Å²) in [5.41, 5.74) is 1.84. The maximum atomic E-state index is 12.1. The van der Waals surface area contributed by atoms with Crippen molar-refractivity contribution >= 4 is 44.3 Å². The summed E-state index contributed by atoms with van der Waals surface area (Å²) in [5.74, 6) is 0.174. The highest BCUT2D eigenvalue weighted by Crippen LogP contribution is 2.31. The van der Waals surface area contributed by atoms with Crippen LogP contribution >= 0.6 is 27.3 Å². The highest BCUT2D eigenvalue weighted by molar-refractivity contribution is 9.10. The number of esters is 1. The van der Waals surface area contributed by atoms with E-state index in [1.807, 2.05) is 6.07 Å². The van der Waals surface area contributed by atoms with E-state index in [1.54, 1.807) is 13.8 Å². The second kappa shape index (κ2) is 10.2. The van der Waals surface area contributed by atoms with Gasteiger partial charge in [-0.1, -0.05) is 38.2 Å². The van der Waals surface area contributed by atoms with Gasteiger partial charge in [0.1, 0.15) is 10.6 Å². The minimum Gasteiger partial charge on any atom is -0.492 e. The van der Waals surface area contributed by atoms with E-state index in [1.165, 1.54) is 5.56 Å². The van der Waals surface area contributed by atoms with Crippen LogP contribution in [0.2, 0.25) is 0 Å². The summed E-state index contributed by atoms with van der Waals surface area (Å²) in [7, 11) is 0. The Balaban J connectivity index is 1.81. The predicted molar refractivity (Wildman–Crippen MR) is 119 cm³/mol. The number of nitrogens with one attached hydrogen (secondary N) is 1. The maximum Gasteiger partial charge on any atom is 0.350 e. The lowest BCUT2D eigenvalue weighted by atomic mass is 9.87. The van der Waals surface area contributed by atoms with Gasteiger partial charge in [-0.05, 0) is 59.3 Å². The molecule has 8 heteroatoms. The molecule has 0 atom stereocenters. The molecule has 0 aliphatic heterocycles. The minimum atomic E-state index is -0.417. The van der Waals surface area contributed by atoms with Crippen molar-refractivity contribution in [1.82, 2.24) is 4.98 Å². The molecule has 0 aliphatic rings. The van der Waals surface area contributed by atoms with Crippen molar-refractivity contribution in [1.29, 1.82) is 0 Å². The average molecular weight is 483 g/mol. The summed E-state index contributed by atoms with van der Waals surface area (Å²) in [4.78, 5) is 28.6. The number of hydrogen-bond donors (Lipinski definition) is 1. The summed E-state index contributed by atoms with van der Waals surface area (Å²) < 4.78 is 11.7. The Morgan fingerprint density at radius 2 is 2.00 bits per heavy atom. The molecule has 1 aromatic carbocycles. The number of aryl methyl sites for hydroxylation is 1. The minimum absolute atomic E-state index is 0.0699. The third-order valence-corrected chi connectivity index (χ3v) is 5.78. The van der Waals surface area contributed by atoms with Gasteiger partial charge in [-0.3, -0.25) is 4.79 Å². The first kappa shape index (κ1) is 23.3. The van der Waals surface area contributed by atoms with Gasteiger partial charge in [0.05, 0.1) is 23.4 Å². The largest absolute Gasteiger partial charge is 0.492 e. The lowest BCUT2D eigenvalue weighted by Gasteiger charge is -2.20. The molecule has 1 heterocycles. The highest BCUT2D eigenvalue weighted by Gasteiger charge is 2.18. The van der Waals surface area contributed by atoms with Crippen molar-refractivity contribution in [2.45, 2.75) is 52.9 Å². The number of halogens is 1. The Morgan fingerprint density at radius 1 is 1.28 bits per heavy atom. The molecule has 1 N–H and O–H groups in total. The van der Waals surface area contributed by atoms with Crippen molar-refractivity contribution < 1.29 is 19.1 Å². The lowest BCUT2D eigenvalue weighted by molar-refractivity contribution is -0.116. The molecule has 2 rings (SSSR count). The van der Waals surface area contributed by atoms with E-state index in [0.29, 0.717) is 41.8 Å². The second-order valence-electron chi connectivity index (χ2n) is 7.55. The first-order valence-corrected chi connectivity index (χ1v) is 11.1. The second-order valence-corrected chi connectivity index (χ2v) is 9.40. The molecule has 0 saturated carbocycles. The van der Waals surface area contributed by atoms with Crippen molar-refractivity contribution in [3.63, 3.8) is 0 Å². The number of thiazole rings is 1. The lowest BCUT2D eigenvalue weighted by Crippen LogP contribution is -2.13. The van der Waals surface area contributed by atoms with Gasteiger partial charge in [-0.25, -0.2) is 9.78 Å². The summed E-state index contributed by atoms with van der Waals surface area (Å²) in [6.45, 7) is 10.7. The topological polar surface area (TPSA) is 77.5 Å². The quantitative estimate of drug-likeness (QED) is 0.397. The van der Waals surface area contributed by atoms with Crippen molar-refractivity contribution in [2.75, 3.05) is 18.5 Å². The molecule has 158 valence electrons. The molecule has 1 aromatic heterocycles. The Bertz CT molecular complexity index is 874. The first-order chi connectivity index (χ1) is 13.6. The van der Waals surface area contributed by atoms with E-state index in [-0.39, 0.29) is 11.3 Å². The van der Waals surface area contributed by atoms with Crippen molar-refractivity contribution in [3.8, 4) is 5.75 Å². The van der Waals surface area contributed by atoms with Gasteiger partial charge in [0.15, 0.2) is 5.13 Å². The number of benzene rings is 1. The number of carbonyl (C=O) groups excluding carboxylic acids is 2. The fourth-order valence-electron chi connectivity index (χ4n) is 2.52. The summed E-state index contributed by atoms with van der Waals surface area (Å²) in [6, 6.07) is 6.06. The van der Waals surface area contributed by atoms with Crippen LogP contribution in [0, 0.1) is 6.92 Å². The smallest absolute Gasteiger partial charge is 0.350 e. The Morgan fingerprint density at radius 3 is 2.62 bits per heavy atom. The molecule has 0 bridgehead atoms. The van der Waals surface area contributed by atoms with E-state index >= 15 is 0 Å². The van der Waals surface area contributed by atoms with E-state index in [2.05, 4.69) is 59.1 Å². The van der Waals surface area contributed by atoms with Gasteiger partial charge in [0, 0.05) is 6.42 Å². The molecule has 0 spiro atoms. The van der Waals surface area contributed by atoms with Crippen LogP contribution in [0.1, 0.15) is 61.5 Å².